The van der Waals surface area contributed by atoms with E-state index in [2.05, 4.69) is 64.3 Å². The Balaban J connectivity index is 1.10. The van der Waals surface area contributed by atoms with Crippen LogP contribution in [0.15, 0.2) is 60.9 Å². The maximum atomic E-state index is 13.5. The summed E-state index contributed by atoms with van der Waals surface area (Å²) in [6.07, 6.45) is 1.70. The number of rotatable bonds is 11. The number of carbonyl (C=O) groups is 2. The third-order valence-corrected chi connectivity index (χ3v) is 8.75. The maximum absolute atomic E-state index is 13.5. The van der Waals surface area contributed by atoms with E-state index >= 15 is 0 Å². The Kier molecular flexibility index (Phi) is 10.1. The Hall–Kier alpha value is -4.69. The van der Waals surface area contributed by atoms with Gasteiger partial charge in [-0.2, -0.15) is 13.2 Å². The molecule has 2 fully saturated rings. The van der Waals surface area contributed by atoms with E-state index in [1.165, 1.54) is 0 Å². The van der Waals surface area contributed by atoms with Crippen molar-refractivity contribution in [3.63, 3.8) is 0 Å². The average Bonchev–Trinajstić information content (AvgIpc) is 3.92. The zero-order valence-electron chi connectivity index (χ0n) is 26.5. The number of aromatic nitrogens is 4. The topological polar surface area (TPSA) is 137 Å². The Morgan fingerprint density at radius 3 is 2.10 bits per heavy atom. The van der Waals surface area contributed by atoms with Crippen LogP contribution in [-0.2, 0) is 14.3 Å². The fourth-order valence-corrected chi connectivity index (χ4v) is 6.28. The number of benzene rings is 2. The van der Waals surface area contributed by atoms with Gasteiger partial charge in [0.25, 0.3) is 0 Å². The lowest BCUT2D eigenvalue weighted by atomic mass is 10.0. The summed E-state index contributed by atoms with van der Waals surface area (Å²) in [5.74, 6) is 1.13. The largest absolute Gasteiger partial charge is 0.453 e. The van der Waals surface area contributed by atoms with E-state index < -0.39 is 30.8 Å². The average molecular weight is 666 g/mol. The summed E-state index contributed by atoms with van der Waals surface area (Å²) in [7, 11) is 1.15. The molecule has 11 nitrogen and oxygen atoms in total. The van der Waals surface area contributed by atoms with Crippen molar-refractivity contribution in [2.24, 2.45) is 0 Å². The Bertz CT molecular complexity index is 1680. The molecule has 0 spiro atoms. The summed E-state index contributed by atoms with van der Waals surface area (Å²) >= 11 is 0. The van der Waals surface area contributed by atoms with E-state index in [0.717, 1.165) is 66.0 Å². The molecule has 4 aromatic rings. The molecule has 4 N–H and O–H groups in total. The van der Waals surface area contributed by atoms with Crippen LogP contribution in [0.25, 0.3) is 33.6 Å². The molecule has 2 aliphatic rings. The molecule has 0 aliphatic carbocycles. The highest BCUT2D eigenvalue weighted by atomic mass is 19.4. The van der Waals surface area contributed by atoms with E-state index in [4.69, 9.17) is 0 Å². The smallest absolute Gasteiger partial charge is 0.411 e. The zero-order chi connectivity index (χ0) is 33.7. The van der Waals surface area contributed by atoms with Gasteiger partial charge in [-0.1, -0.05) is 48.5 Å². The molecular formula is C34H38F3N7O4. The first-order valence-corrected chi connectivity index (χ1v) is 16.0. The van der Waals surface area contributed by atoms with Crippen molar-refractivity contribution in [2.45, 2.75) is 56.4 Å². The fourth-order valence-electron chi connectivity index (χ4n) is 6.28. The van der Waals surface area contributed by atoms with Gasteiger partial charge in [-0.25, -0.2) is 14.8 Å². The van der Waals surface area contributed by atoms with Crippen molar-refractivity contribution in [3.8, 4) is 33.6 Å². The second-order valence-corrected chi connectivity index (χ2v) is 12.0. The zero-order valence-corrected chi connectivity index (χ0v) is 26.5. The van der Waals surface area contributed by atoms with Gasteiger partial charge in [0.15, 0.2) is 0 Å². The van der Waals surface area contributed by atoms with Gasteiger partial charge < -0.3 is 35.0 Å². The standard InChI is InChI=1S/C34H38F3N7O4/c1-47-33(46)43-26(14-17-48-20-34(35,36)37)32(45)44-16-3-5-29(44)31-40-19-28(42-31)24-12-8-22(9-13-24)21-6-10-23(11-7-21)27-18-39-30(41-27)25-4-2-15-38-25/h6-13,18-19,25-26,29,38H,2-5,14-17,20H2,1H3,(H,39,41)(H,40,42)(H,43,46)/t25-,26-,29-/m0/s1. The molecule has 14 heteroatoms. The molecule has 2 aromatic carbocycles. The summed E-state index contributed by atoms with van der Waals surface area (Å²) in [6.45, 7) is -0.375. The van der Waals surface area contributed by atoms with E-state index in [-0.39, 0.29) is 25.1 Å². The van der Waals surface area contributed by atoms with Crippen LogP contribution < -0.4 is 10.6 Å². The van der Waals surface area contributed by atoms with Crippen LogP contribution in [-0.4, -0.2) is 82.5 Å². The molecule has 3 atom stereocenters. The number of methoxy groups -OCH3 is 1. The minimum atomic E-state index is -4.49. The van der Waals surface area contributed by atoms with Crippen LogP contribution in [0.2, 0.25) is 0 Å². The monoisotopic (exact) mass is 665 g/mol. The summed E-state index contributed by atoms with van der Waals surface area (Å²) in [5, 5.41) is 5.90. The highest BCUT2D eigenvalue weighted by Gasteiger charge is 2.36. The van der Waals surface area contributed by atoms with Gasteiger partial charge in [0.05, 0.1) is 43.0 Å². The number of likely N-dealkylation sites (tertiary alicyclic amines) is 1. The van der Waals surface area contributed by atoms with Gasteiger partial charge in [0, 0.05) is 19.6 Å². The predicted molar refractivity (Wildman–Crippen MR) is 172 cm³/mol. The lowest BCUT2D eigenvalue weighted by Gasteiger charge is -2.28. The number of ether oxygens (including phenoxy) is 2. The highest BCUT2D eigenvalue weighted by Crippen LogP contribution is 2.33. The molecule has 6 rings (SSSR count). The number of amides is 2. The van der Waals surface area contributed by atoms with Crippen molar-refractivity contribution in [3.05, 3.63) is 72.6 Å². The molecule has 0 unspecified atom stereocenters. The third-order valence-electron chi connectivity index (χ3n) is 8.75. The number of carbonyl (C=O) groups excluding carboxylic acids is 2. The maximum Gasteiger partial charge on any atom is 0.411 e. The molecular weight excluding hydrogens is 627 g/mol. The van der Waals surface area contributed by atoms with Gasteiger partial charge in [-0.15, -0.1) is 0 Å². The normalized spacial score (nSPS) is 18.6. The molecule has 2 saturated heterocycles. The second kappa shape index (κ2) is 14.6. The van der Waals surface area contributed by atoms with Gasteiger partial charge in [-0.3, -0.25) is 4.79 Å². The van der Waals surface area contributed by atoms with Crippen molar-refractivity contribution < 1.29 is 32.2 Å². The first kappa shape index (κ1) is 33.2. The first-order chi connectivity index (χ1) is 23.2. The number of aromatic amines is 2. The number of imidazole rings is 2. The summed E-state index contributed by atoms with van der Waals surface area (Å²) in [5.41, 5.74) is 5.89. The molecule has 254 valence electrons. The number of halogens is 3. The van der Waals surface area contributed by atoms with Crippen LogP contribution in [0.3, 0.4) is 0 Å². The summed E-state index contributed by atoms with van der Waals surface area (Å²) < 4.78 is 46.8. The lowest BCUT2D eigenvalue weighted by Crippen LogP contribution is -2.49. The van der Waals surface area contributed by atoms with Crippen molar-refractivity contribution in [1.29, 1.82) is 0 Å². The molecule has 2 aliphatic heterocycles. The van der Waals surface area contributed by atoms with E-state index in [1.807, 2.05) is 30.5 Å². The number of alkyl carbamates (subject to hydrolysis) is 1. The van der Waals surface area contributed by atoms with Gasteiger partial charge in [-0.05, 0) is 54.5 Å². The minimum Gasteiger partial charge on any atom is -0.453 e. The summed E-state index contributed by atoms with van der Waals surface area (Å²) in [4.78, 5) is 43.0. The molecule has 2 amide bonds. The molecule has 48 heavy (non-hydrogen) atoms. The first-order valence-electron chi connectivity index (χ1n) is 16.0. The highest BCUT2D eigenvalue weighted by molar-refractivity contribution is 5.86. The second-order valence-electron chi connectivity index (χ2n) is 12.0. The van der Waals surface area contributed by atoms with Crippen molar-refractivity contribution in [1.82, 2.24) is 35.5 Å². The minimum absolute atomic E-state index is 0.145. The molecule has 0 bridgehead atoms. The van der Waals surface area contributed by atoms with Gasteiger partial charge in [0.2, 0.25) is 5.91 Å². The van der Waals surface area contributed by atoms with Gasteiger partial charge >= 0.3 is 12.3 Å². The number of nitrogens with zero attached hydrogens (tertiary/aromatic N) is 3. The number of hydrogen-bond donors (Lipinski definition) is 4. The Morgan fingerprint density at radius 2 is 1.52 bits per heavy atom. The van der Waals surface area contributed by atoms with Crippen LogP contribution in [0, 0.1) is 0 Å². The molecule has 2 aromatic heterocycles. The van der Waals surface area contributed by atoms with Crippen LogP contribution in [0.1, 0.15) is 55.8 Å². The number of hydrogen-bond acceptors (Lipinski definition) is 7. The summed E-state index contributed by atoms with van der Waals surface area (Å²) in [6, 6.07) is 15.2. The van der Waals surface area contributed by atoms with Crippen molar-refractivity contribution >= 4 is 12.0 Å². The molecule has 0 radical (unpaired) electrons. The number of nitrogens with one attached hydrogen (secondary N) is 4. The van der Waals surface area contributed by atoms with Crippen molar-refractivity contribution in [2.75, 3.05) is 33.4 Å². The van der Waals surface area contributed by atoms with E-state index in [9.17, 15) is 22.8 Å². The number of alkyl halides is 3. The lowest BCUT2D eigenvalue weighted by molar-refractivity contribution is -0.174. The van der Waals surface area contributed by atoms with Gasteiger partial charge in [0.1, 0.15) is 24.3 Å². The number of H-pyrrole nitrogens is 2. The molecule has 4 heterocycles. The Labute approximate surface area is 275 Å². The van der Waals surface area contributed by atoms with E-state index in [0.29, 0.717) is 25.2 Å². The SMILES string of the molecule is COC(=O)N[C@@H](CCOCC(F)(F)F)C(=O)N1CCC[C@H]1c1ncc(-c2ccc(-c3ccc(-c4cnc([C@@H]5CCCN5)[nH]4)cc3)cc2)[nH]1. The third kappa shape index (κ3) is 7.88. The predicted octanol–water partition coefficient (Wildman–Crippen LogP) is 5.92. The van der Waals surface area contributed by atoms with E-state index in [1.54, 1.807) is 11.1 Å². The van der Waals surface area contributed by atoms with Crippen LogP contribution >= 0.6 is 0 Å². The molecule has 0 saturated carbocycles. The van der Waals surface area contributed by atoms with Crippen LogP contribution in [0.4, 0.5) is 18.0 Å². The van der Waals surface area contributed by atoms with Crippen LogP contribution in [0.5, 0.6) is 0 Å². The quantitative estimate of drug-likeness (QED) is 0.146. The Morgan fingerprint density at radius 1 is 0.917 bits per heavy atom. The fraction of sp³-hybridized carbons (Fsp3) is 0.412.